The highest BCUT2D eigenvalue weighted by atomic mass is 79.9. The van der Waals surface area contributed by atoms with Gasteiger partial charge in [-0.2, -0.15) is 0 Å². The number of hydrogen-bond donors (Lipinski definition) is 1. The first-order chi connectivity index (χ1) is 8.99. The lowest BCUT2D eigenvalue weighted by atomic mass is 10.4. The number of ether oxygens (including phenoxy) is 1. The Morgan fingerprint density at radius 2 is 2.11 bits per heavy atom. The van der Waals surface area contributed by atoms with E-state index in [0.717, 1.165) is 15.1 Å². The minimum absolute atomic E-state index is 0.189. The van der Waals surface area contributed by atoms with Crippen molar-refractivity contribution in [1.82, 2.24) is 9.62 Å². The number of amides is 1. The molecule has 1 aromatic rings. The monoisotopic (exact) mass is 368 g/mol. The van der Waals surface area contributed by atoms with Crippen LogP contribution in [0.4, 0.5) is 0 Å². The van der Waals surface area contributed by atoms with Crippen LogP contribution in [-0.4, -0.2) is 52.1 Å². The number of thiophene rings is 1. The smallest absolute Gasteiger partial charge is 0.250 e. The average molecular weight is 369 g/mol. The van der Waals surface area contributed by atoms with Crippen molar-refractivity contribution in [3.63, 3.8) is 0 Å². The topological polar surface area (TPSA) is 75.7 Å². The zero-order chi connectivity index (χ0) is 13.9. The molecule has 1 aliphatic heterocycles. The quantitative estimate of drug-likeness (QED) is 0.846. The first-order valence-corrected chi connectivity index (χ1v) is 8.69. The van der Waals surface area contributed by atoms with Gasteiger partial charge in [-0.1, -0.05) is 0 Å². The lowest BCUT2D eigenvalue weighted by molar-refractivity contribution is -0.133. The van der Waals surface area contributed by atoms with Gasteiger partial charge in [0, 0.05) is 13.1 Å². The van der Waals surface area contributed by atoms with Gasteiger partial charge in [-0.25, -0.2) is 13.1 Å². The molecule has 0 aliphatic carbocycles. The maximum atomic E-state index is 11.9. The number of morpholine rings is 1. The number of carbonyl (C=O) groups is 1. The van der Waals surface area contributed by atoms with Crippen LogP contribution < -0.4 is 4.72 Å². The largest absolute Gasteiger partial charge is 0.378 e. The van der Waals surface area contributed by atoms with Crippen LogP contribution in [0.1, 0.15) is 0 Å². The number of nitrogens with one attached hydrogen (secondary N) is 1. The SMILES string of the molecule is O=C(CNS(=O)(=O)c1ccc(Br)s1)N1CCOCC1. The molecule has 0 radical (unpaired) electrons. The Hall–Kier alpha value is -0.480. The maximum Gasteiger partial charge on any atom is 0.250 e. The number of nitrogens with zero attached hydrogens (tertiary/aromatic N) is 1. The summed E-state index contributed by atoms with van der Waals surface area (Å²) in [6, 6.07) is 3.15. The van der Waals surface area contributed by atoms with Gasteiger partial charge in [-0.15, -0.1) is 11.3 Å². The molecule has 0 atom stereocenters. The summed E-state index contributed by atoms with van der Waals surface area (Å²) < 4.78 is 32.2. The van der Waals surface area contributed by atoms with Crippen LogP contribution in [0.15, 0.2) is 20.1 Å². The number of carbonyl (C=O) groups excluding carboxylic acids is 1. The molecule has 0 aromatic carbocycles. The minimum atomic E-state index is -3.61. The lowest BCUT2D eigenvalue weighted by Gasteiger charge is -2.26. The highest BCUT2D eigenvalue weighted by molar-refractivity contribution is 9.11. The molecule has 0 spiro atoms. The van der Waals surface area contributed by atoms with Gasteiger partial charge in [-0.05, 0) is 28.1 Å². The minimum Gasteiger partial charge on any atom is -0.378 e. The highest BCUT2D eigenvalue weighted by Crippen LogP contribution is 2.25. The van der Waals surface area contributed by atoms with Gasteiger partial charge < -0.3 is 9.64 Å². The van der Waals surface area contributed by atoms with E-state index >= 15 is 0 Å². The lowest BCUT2D eigenvalue weighted by Crippen LogP contribution is -2.45. The zero-order valence-corrected chi connectivity index (χ0v) is 13.2. The molecule has 2 rings (SSSR count). The van der Waals surface area contributed by atoms with Crippen molar-refractivity contribution in [2.45, 2.75) is 4.21 Å². The van der Waals surface area contributed by atoms with Gasteiger partial charge in [0.1, 0.15) is 4.21 Å². The van der Waals surface area contributed by atoms with Gasteiger partial charge in [0.15, 0.2) is 0 Å². The molecule has 1 aliphatic rings. The summed E-state index contributed by atoms with van der Waals surface area (Å²) in [4.78, 5) is 13.4. The standard InChI is InChI=1S/C10H13BrN2O4S2/c11-8-1-2-10(18-8)19(15,16)12-7-9(14)13-3-5-17-6-4-13/h1-2,12H,3-7H2. The molecule has 0 unspecified atom stereocenters. The van der Waals surface area contributed by atoms with E-state index in [0.29, 0.717) is 26.3 Å². The number of rotatable bonds is 4. The van der Waals surface area contributed by atoms with Crippen molar-refractivity contribution >= 4 is 43.2 Å². The van der Waals surface area contributed by atoms with Crippen molar-refractivity contribution in [1.29, 1.82) is 0 Å². The van der Waals surface area contributed by atoms with Crippen LogP contribution in [0.5, 0.6) is 0 Å². The van der Waals surface area contributed by atoms with Gasteiger partial charge in [0.2, 0.25) is 5.91 Å². The van der Waals surface area contributed by atoms with Crippen LogP contribution >= 0.6 is 27.3 Å². The van der Waals surface area contributed by atoms with E-state index in [-0.39, 0.29) is 16.7 Å². The Labute approximate surface area is 123 Å². The van der Waals surface area contributed by atoms with E-state index in [4.69, 9.17) is 4.74 Å². The summed E-state index contributed by atoms with van der Waals surface area (Å²) in [6.45, 7) is 1.78. The predicted molar refractivity (Wildman–Crippen MR) is 74.6 cm³/mol. The molecule has 0 saturated carbocycles. The van der Waals surface area contributed by atoms with Gasteiger partial charge in [0.05, 0.1) is 23.5 Å². The normalized spacial score (nSPS) is 16.6. The summed E-state index contributed by atoms with van der Waals surface area (Å²) in [7, 11) is -3.61. The number of halogens is 1. The molecule has 1 amide bonds. The van der Waals surface area contributed by atoms with E-state index in [9.17, 15) is 13.2 Å². The number of hydrogen-bond acceptors (Lipinski definition) is 5. The van der Waals surface area contributed by atoms with Crippen LogP contribution in [0.2, 0.25) is 0 Å². The van der Waals surface area contributed by atoms with E-state index in [1.165, 1.54) is 6.07 Å². The van der Waals surface area contributed by atoms with Crippen molar-refractivity contribution in [3.8, 4) is 0 Å². The van der Waals surface area contributed by atoms with Crippen molar-refractivity contribution in [2.75, 3.05) is 32.8 Å². The molecule has 6 nitrogen and oxygen atoms in total. The fourth-order valence-corrected chi connectivity index (χ4v) is 4.62. The van der Waals surface area contributed by atoms with E-state index in [1.54, 1.807) is 11.0 Å². The second-order valence-electron chi connectivity index (χ2n) is 3.88. The summed E-state index contributed by atoms with van der Waals surface area (Å²) in [5, 5.41) is 0. The molecule has 9 heteroatoms. The molecule has 1 saturated heterocycles. The third kappa shape index (κ3) is 3.99. The third-order valence-corrected chi connectivity index (χ3v) is 6.11. The van der Waals surface area contributed by atoms with Crippen LogP contribution in [-0.2, 0) is 19.6 Å². The molecule has 0 bridgehead atoms. The molecule has 19 heavy (non-hydrogen) atoms. The van der Waals surface area contributed by atoms with E-state index < -0.39 is 10.0 Å². The summed E-state index contributed by atoms with van der Waals surface area (Å²) >= 11 is 4.31. The molecule has 1 N–H and O–H groups in total. The van der Waals surface area contributed by atoms with Gasteiger partial charge in [0.25, 0.3) is 10.0 Å². The fourth-order valence-electron chi connectivity index (χ4n) is 1.59. The first kappa shape index (κ1) is 14.9. The van der Waals surface area contributed by atoms with Crippen LogP contribution in [0, 0.1) is 0 Å². The Morgan fingerprint density at radius 3 is 2.68 bits per heavy atom. The predicted octanol–water partition coefficient (Wildman–Crippen LogP) is 0.648. The maximum absolute atomic E-state index is 11.9. The zero-order valence-electron chi connectivity index (χ0n) is 9.96. The van der Waals surface area contributed by atoms with Crippen molar-refractivity contribution in [2.24, 2.45) is 0 Å². The molecular weight excluding hydrogens is 356 g/mol. The Bertz CT molecular complexity index is 552. The average Bonchev–Trinajstić information content (AvgIpc) is 2.85. The summed E-state index contributed by atoms with van der Waals surface area (Å²) in [5.41, 5.74) is 0. The van der Waals surface area contributed by atoms with Gasteiger partial charge in [-0.3, -0.25) is 4.79 Å². The van der Waals surface area contributed by atoms with Crippen LogP contribution in [0.25, 0.3) is 0 Å². The Balaban J connectivity index is 1.92. The van der Waals surface area contributed by atoms with Crippen molar-refractivity contribution in [3.05, 3.63) is 15.9 Å². The van der Waals surface area contributed by atoms with Gasteiger partial charge >= 0.3 is 0 Å². The summed E-state index contributed by atoms with van der Waals surface area (Å²) in [5.74, 6) is -0.234. The van der Waals surface area contributed by atoms with Crippen molar-refractivity contribution < 1.29 is 17.9 Å². The Kier molecular flexibility index (Phi) is 4.96. The Morgan fingerprint density at radius 1 is 1.42 bits per heavy atom. The van der Waals surface area contributed by atoms with Crippen LogP contribution in [0.3, 0.4) is 0 Å². The highest BCUT2D eigenvalue weighted by Gasteiger charge is 2.21. The van der Waals surface area contributed by atoms with E-state index in [2.05, 4.69) is 20.7 Å². The third-order valence-electron chi connectivity index (χ3n) is 2.59. The molecule has 1 fully saturated rings. The molecular formula is C10H13BrN2O4S2. The summed E-state index contributed by atoms with van der Waals surface area (Å²) in [6.07, 6.45) is 0. The molecule has 106 valence electrons. The van der Waals surface area contributed by atoms with E-state index in [1.807, 2.05) is 0 Å². The first-order valence-electron chi connectivity index (χ1n) is 5.59. The number of sulfonamides is 1. The fraction of sp³-hybridized carbons (Fsp3) is 0.500. The second kappa shape index (κ2) is 6.31. The molecule has 2 heterocycles. The second-order valence-corrected chi connectivity index (χ2v) is 8.33. The molecule has 1 aromatic heterocycles.